The fourth-order valence-electron chi connectivity index (χ4n) is 1.45. The highest BCUT2D eigenvalue weighted by Crippen LogP contribution is 2.13. The monoisotopic (exact) mass is 245 g/mol. The highest BCUT2D eigenvalue weighted by Gasteiger charge is 2.18. The Morgan fingerprint density at radius 1 is 1.61 bits per heavy atom. The molecule has 0 saturated heterocycles. The molecule has 8 nitrogen and oxygen atoms in total. The molecule has 0 unspecified atom stereocenters. The lowest BCUT2D eigenvalue weighted by atomic mass is 10.3. The summed E-state index contributed by atoms with van der Waals surface area (Å²) < 4.78 is 6.34. The Morgan fingerprint density at radius 2 is 2.39 bits per heavy atom. The SMILES string of the molecule is CCOC(=O)C1=C(C)n2cnc(=C=[N-])c2=NN=N1. The average Bonchev–Trinajstić information content (AvgIpc) is 2.69. The summed E-state index contributed by atoms with van der Waals surface area (Å²) in [5.74, 6) is 1.30. The molecule has 0 fully saturated rings. The summed E-state index contributed by atoms with van der Waals surface area (Å²) in [6, 6.07) is 0. The Labute approximate surface area is 102 Å². The summed E-state index contributed by atoms with van der Waals surface area (Å²) in [5, 5.41) is 19.9. The second-order valence-corrected chi connectivity index (χ2v) is 3.34. The molecular formula is C10H9N6O2-. The molecule has 0 N–H and O–H groups in total. The maximum Gasteiger partial charge on any atom is 0.360 e. The highest BCUT2D eigenvalue weighted by molar-refractivity contribution is 5.93. The van der Waals surface area contributed by atoms with E-state index in [0.29, 0.717) is 5.70 Å². The number of hydrogen-bond acceptors (Lipinski definition) is 6. The molecule has 1 aromatic rings. The van der Waals surface area contributed by atoms with Crippen LogP contribution in [0.25, 0.3) is 11.1 Å². The van der Waals surface area contributed by atoms with Crippen LogP contribution in [0.5, 0.6) is 0 Å². The van der Waals surface area contributed by atoms with Crippen molar-refractivity contribution < 1.29 is 9.53 Å². The second kappa shape index (κ2) is 4.72. The predicted octanol–water partition coefficient (Wildman–Crippen LogP) is -0.454. The lowest BCUT2D eigenvalue weighted by molar-refractivity contribution is -0.138. The molecule has 0 aromatic carbocycles. The molecule has 8 heteroatoms. The van der Waals surface area contributed by atoms with Gasteiger partial charge in [-0.1, -0.05) is 0 Å². The van der Waals surface area contributed by atoms with Crippen LogP contribution in [-0.4, -0.2) is 28.0 Å². The smallest absolute Gasteiger partial charge is 0.360 e. The van der Waals surface area contributed by atoms with E-state index in [1.165, 1.54) is 10.9 Å². The molecule has 1 aliphatic heterocycles. The third-order valence-electron chi connectivity index (χ3n) is 2.31. The summed E-state index contributed by atoms with van der Waals surface area (Å²) in [6.07, 6.45) is 1.39. The number of esters is 1. The minimum Gasteiger partial charge on any atom is -0.761 e. The summed E-state index contributed by atoms with van der Waals surface area (Å²) in [6.45, 7) is 3.59. The van der Waals surface area contributed by atoms with Crippen LogP contribution in [0.4, 0.5) is 0 Å². The van der Waals surface area contributed by atoms with Gasteiger partial charge in [-0.05, 0) is 19.1 Å². The van der Waals surface area contributed by atoms with Crippen LogP contribution in [0, 0.1) is 0 Å². The number of aromatic nitrogens is 2. The van der Waals surface area contributed by atoms with Gasteiger partial charge in [0.15, 0.2) is 11.2 Å². The second-order valence-electron chi connectivity index (χ2n) is 3.34. The first-order valence-corrected chi connectivity index (χ1v) is 5.16. The van der Waals surface area contributed by atoms with Crippen molar-refractivity contribution in [2.24, 2.45) is 15.4 Å². The molecular weight excluding hydrogens is 236 g/mol. The third-order valence-corrected chi connectivity index (χ3v) is 2.31. The Kier molecular flexibility index (Phi) is 3.11. The van der Waals surface area contributed by atoms with Gasteiger partial charge in [-0.15, -0.1) is 10.2 Å². The zero-order valence-corrected chi connectivity index (χ0v) is 9.78. The van der Waals surface area contributed by atoms with Crippen molar-refractivity contribution in [1.82, 2.24) is 9.55 Å². The first kappa shape index (κ1) is 11.9. The van der Waals surface area contributed by atoms with Crippen LogP contribution < -0.4 is 10.8 Å². The van der Waals surface area contributed by atoms with Crippen LogP contribution >= 0.6 is 0 Å². The number of fused-ring (bicyclic) bond motifs is 1. The molecule has 1 aliphatic rings. The van der Waals surface area contributed by atoms with Gasteiger partial charge in [-0.3, -0.25) is 4.57 Å². The maximum atomic E-state index is 11.7. The quantitative estimate of drug-likeness (QED) is 0.520. The summed E-state index contributed by atoms with van der Waals surface area (Å²) in [5.41, 5.74) is 0.752. The van der Waals surface area contributed by atoms with Crippen molar-refractivity contribution in [3.05, 3.63) is 28.3 Å². The molecule has 92 valence electrons. The van der Waals surface area contributed by atoms with Crippen LogP contribution in [-0.2, 0) is 9.53 Å². The van der Waals surface area contributed by atoms with Gasteiger partial charge in [0.1, 0.15) is 11.7 Å². The van der Waals surface area contributed by atoms with Gasteiger partial charge < -0.3 is 10.1 Å². The minimum atomic E-state index is -0.589. The van der Waals surface area contributed by atoms with Gasteiger partial charge in [-0.2, -0.15) is 0 Å². The standard InChI is InChI=1S/C10H9N6O2/c1-3-18-10(17)8-6(2)16-5-12-7(4-11)9(16)14-15-13-8/h5H,3H2,1-2H3/q-1. The minimum absolute atomic E-state index is 0.0428. The molecule has 0 atom stereocenters. The Morgan fingerprint density at radius 3 is 3.06 bits per heavy atom. The van der Waals surface area contributed by atoms with Crippen molar-refractivity contribution in [3.8, 4) is 0 Å². The summed E-state index contributed by atoms with van der Waals surface area (Å²) in [7, 11) is 0. The first-order valence-electron chi connectivity index (χ1n) is 5.16. The molecule has 0 saturated carbocycles. The lowest BCUT2D eigenvalue weighted by Crippen LogP contribution is -2.30. The largest absolute Gasteiger partial charge is 0.761 e. The fourth-order valence-corrected chi connectivity index (χ4v) is 1.45. The number of hydrogen-bond donors (Lipinski definition) is 0. The molecule has 2 rings (SSSR count). The van der Waals surface area contributed by atoms with Gasteiger partial charge >= 0.3 is 5.97 Å². The van der Waals surface area contributed by atoms with Gasteiger partial charge in [0.05, 0.1) is 12.3 Å². The van der Waals surface area contributed by atoms with Crippen molar-refractivity contribution in [2.45, 2.75) is 13.8 Å². The van der Waals surface area contributed by atoms with Crippen molar-refractivity contribution in [1.29, 1.82) is 0 Å². The van der Waals surface area contributed by atoms with Crippen LogP contribution in [0.15, 0.2) is 27.5 Å². The van der Waals surface area contributed by atoms with Crippen LogP contribution in [0.1, 0.15) is 13.8 Å². The number of allylic oxidation sites excluding steroid dienone is 1. The van der Waals surface area contributed by atoms with Crippen molar-refractivity contribution in [2.75, 3.05) is 6.61 Å². The normalized spacial score (nSPS) is 13.4. The average molecular weight is 245 g/mol. The van der Waals surface area contributed by atoms with E-state index in [0.717, 1.165) is 0 Å². The van der Waals surface area contributed by atoms with Gasteiger partial charge in [-0.25, -0.2) is 15.6 Å². The number of carbonyl (C=O) groups excluding carboxylic acids is 1. The predicted molar refractivity (Wildman–Crippen MR) is 60.9 cm³/mol. The summed E-state index contributed by atoms with van der Waals surface area (Å²) >= 11 is 0. The van der Waals surface area contributed by atoms with Crippen molar-refractivity contribution >= 4 is 17.5 Å². The molecule has 0 radical (unpaired) electrons. The molecule has 1 aromatic heterocycles. The molecule has 0 amide bonds. The van der Waals surface area contributed by atoms with E-state index in [9.17, 15) is 4.79 Å². The van der Waals surface area contributed by atoms with Gasteiger partial charge in [0.2, 0.25) is 0 Å². The molecule has 0 bridgehead atoms. The third kappa shape index (κ3) is 1.85. The highest BCUT2D eigenvalue weighted by atomic mass is 16.5. The number of nitrogens with zero attached hydrogens (tertiary/aromatic N) is 6. The molecule has 2 heterocycles. The maximum absolute atomic E-state index is 11.7. The van der Waals surface area contributed by atoms with E-state index in [1.807, 2.05) is 5.87 Å². The van der Waals surface area contributed by atoms with E-state index in [-0.39, 0.29) is 23.1 Å². The zero-order valence-electron chi connectivity index (χ0n) is 9.78. The van der Waals surface area contributed by atoms with Gasteiger partial charge in [0.25, 0.3) is 0 Å². The van der Waals surface area contributed by atoms with Crippen LogP contribution in [0.2, 0.25) is 0 Å². The first-order chi connectivity index (χ1) is 8.69. The molecule has 18 heavy (non-hydrogen) atoms. The van der Waals surface area contributed by atoms with E-state index >= 15 is 0 Å². The van der Waals surface area contributed by atoms with E-state index < -0.39 is 5.97 Å². The number of imidazole rings is 1. The molecule has 0 aliphatic carbocycles. The summed E-state index contributed by atoms with van der Waals surface area (Å²) in [4.78, 5) is 15.5. The number of rotatable bonds is 2. The van der Waals surface area contributed by atoms with E-state index in [1.54, 1.807) is 13.8 Å². The number of carbonyl (C=O) groups is 1. The number of ether oxygens (including phenoxy) is 1. The van der Waals surface area contributed by atoms with Crippen molar-refractivity contribution in [3.63, 3.8) is 0 Å². The van der Waals surface area contributed by atoms with Gasteiger partial charge in [0, 0.05) is 0 Å². The Bertz CT molecular complexity index is 692. The Balaban J connectivity index is 2.65. The molecule has 0 spiro atoms. The topological polar surface area (TPSA) is 104 Å². The zero-order chi connectivity index (χ0) is 13.1. The van der Waals surface area contributed by atoms with E-state index in [2.05, 4.69) is 20.4 Å². The van der Waals surface area contributed by atoms with Crippen LogP contribution in [0.3, 0.4) is 0 Å². The Hall–Kier alpha value is -2.60. The fraction of sp³-hybridized carbons (Fsp3) is 0.300. The lowest BCUT2D eigenvalue weighted by Gasteiger charge is -2.05. The van der Waals surface area contributed by atoms with E-state index in [4.69, 9.17) is 10.1 Å².